The zero-order valence-corrected chi connectivity index (χ0v) is 15.2. The molecule has 138 valence electrons. The topological polar surface area (TPSA) is 109 Å². The third-order valence-electron chi connectivity index (χ3n) is 3.60. The minimum atomic E-state index is -0.503. The van der Waals surface area contributed by atoms with Gasteiger partial charge in [-0.3, -0.25) is 9.79 Å². The Labute approximate surface area is 144 Å². The second kappa shape index (κ2) is 9.34. The summed E-state index contributed by atoms with van der Waals surface area (Å²) in [5.74, 6) is 0.788. The smallest absolute Gasteiger partial charge is 0.407 e. The Kier molecular flexibility index (Phi) is 7.81. The highest BCUT2D eigenvalue weighted by atomic mass is 16.6. The molecular formula is C16H31N5O3. The summed E-state index contributed by atoms with van der Waals surface area (Å²) < 4.78 is 5.18. The summed E-state index contributed by atoms with van der Waals surface area (Å²) >= 11 is 0. The van der Waals surface area contributed by atoms with E-state index in [4.69, 9.17) is 10.5 Å². The summed E-state index contributed by atoms with van der Waals surface area (Å²) in [6.07, 6.45) is 2.00. The molecule has 0 aromatic carbocycles. The molecule has 1 aliphatic heterocycles. The molecule has 8 nitrogen and oxygen atoms in total. The summed E-state index contributed by atoms with van der Waals surface area (Å²) in [5.41, 5.74) is 4.79. The fraction of sp³-hybridized carbons (Fsp3) is 0.812. The molecule has 0 aromatic heterocycles. The first-order valence-electron chi connectivity index (χ1n) is 8.42. The first-order valence-corrected chi connectivity index (χ1v) is 8.42. The van der Waals surface area contributed by atoms with Gasteiger partial charge in [-0.05, 0) is 39.5 Å². The van der Waals surface area contributed by atoms with Gasteiger partial charge in [0.05, 0.1) is 0 Å². The molecule has 4 N–H and O–H groups in total. The predicted octanol–water partition coefficient (Wildman–Crippen LogP) is 0.674. The summed E-state index contributed by atoms with van der Waals surface area (Å²) in [6.45, 7) is 8.12. The van der Waals surface area contributed by atoms with E-state index in [-0.39, 0.29) is 11.8 Å². The van der Waals surface area contributed by atoms with E-state index in [2.05, 4.69) is 20.5 Å². The van der Waals surface area contributed by atoms with Crippen LogP contribution in [-0.4, -0.2) is 61.7 Å². The van der Waals surface area contributed by atoms with Crippen LogP contribution >= 0.6 is 0 Å². The van der Waals surface area contributed by atoms with Crippen LogP contribution in [0.3, 0.4) is 0 Å². The number of primary amides is 1. The van der Waals surface area contributed by atoms with Crippen molar-refractivity contribution in [3.63, 3.8) is 0 Å². The molecule has 2 amide bonds. The quantitative estimate of drug-likeness (QED) is 0.387. The van der Waals surface area contributed by atoms with Gasteiger partial charge in [0.1, 0.15) is 5.60 Å². The standard InChI is InChI=1S/C16H31N5O3/c1-16(2,3)24-15(23)20-8-7-19-14(18-4)21-9-5-6-12(11-21)10-13(17)22/h12H,5-11H2,1-4H3,(H2,17,22)(H,18,19)(H,20,23). The molecule has 1 heterocycles. The van der Waals surface area contributed by atoms with Crippen molar-refractivity contribution in [2.75, 3.05) is 33.2 Å². The van der Waals surface area contributed by atoms with Crippen molar-refractivity contribution in [1.82, 2.24) is 15.5 Å². The molecule has 8 heteroatoms. The van der Waals surface area contributed by atoms with Gasteiger partial charge in [0.25, 0.3) is 0 Å². The van der Waals surface area contributed by atoms with E-state index in [1.165, 1.54) is 0 Å². The van der Waals surface area contributed by atoms with Gasteiger partial charge in [0, 0.05) is 39.6 Å². The largest absolute Gasteiger partial charge is 0.444 e. The highest BCUT2D eigenvalue weighted by molar-refractivity contribution is 5.80. The maximum Gasteiger partial charge on any atom is 0.407 e. The van der Waals surface area contributed by atoms with Crippen molar-refractivity contribution in [1.29, 1.82) is 0 Å². The zero-order valence-electron chi connectivity index (χ0n) is 15.2. The lowest BCUT2D eigenvalue weighted by molar-refractivity contribution is -0.119. The third kappa shape index (κ3) is 8.03. The Bertz CT molecular complexity index is 459. The van der Waals surface area contributed by atoms with E-state index in [1.807, 2.05) is 20.8 Å². The van der Waals surface area contributed by atoms with Crippen molar-refractivity contribution >= 4 is 18.0 Å². The Balaban J connectivity index is 2.34. The number of piperidine rings is 1. The lowest BCUT2D eigenvalue weighted by atomic mass is 9.95. The highest BCUT2D eigenvalue weighted by Gasteiger charge is 2.23. The number of rotatable bonds is 5. The number of hydrogen-bond donors (Lipinski definition) is 3. The molecule has 0 spiro atoms. The summed E-state index contributed by atoms with van der Waals surface area (Å²) in [5, 5.41) is 5.92. The lowest BCUT2D eigenvalue weighted by Crippen LogP contribution is -2.48. The second-order valence-electron chi connectivity index (χ2n) is 7.03. The SMILES string of the molecule is CN=C(NCCNC(=O)OC(C)(C)C)N1CCCC(CC(N)=O)C1. The molecule has 0 bridgehead atoms. The van der Waals surface area contributed by atoms with Crippen LogP contribution in [0.1, 0.15) is 40.0 Å². The molecule has 0 aliphatic carbocycles. The summed E-state index contributed by atoms with van der Waals surface area (Å²) in [4.78, 5) is 29.1. The number of nitrogens with two attached hydrogens (primary N) is 1. The second-order valence-corrected chi connectivity index (χ2v) is 7.03. The van der Waals surface area contributed by atoms with Gasteiger partial charge in [-0.2, -0.15) is 0 Å². The van der Waals surface area contributed by atoms with E-state index >= 15 is 0 Å². The molecule has 1 unspecified atom stereocenters. The first kappa shape index (κ1) is 20.1. The normalized spacial score (nSPS) is 18.9. The average Bonchev–Trinajstić information content (AvgIpc) is 2.45. The van der Waals surface area contributed by atoms with Gasteiger partial charge in [-0.1, -0.05) is 0 Å². The van der Waals surface area contributed by atoms with E-state index in [9.17, 15) is 9.59 Å². The molecule has 0 aromatic rings. The van der Waals surface area contributed by atoms with Gasteiger partial charge in [-0.15, -0.1) is 0 Å². The number of amides is 2. The van der Waals surface area contributed by atoms with Crippen LogP contribution in [0.5, 0.6) is 0 Å². The number of alkyl carbamates (subject to hydrolysis) is 1. The molecule has 24 heavy (non-hydrogen) atoms. The molecule has 1 rings (SSSR count). The number of nitrogens with zero attached hydrogens (tertiary/aromatic N) is 2. The monoisotopic (exact) mass is 341 g/mol. The Morgan fingerprint density at radius 2 is 1.96 bits per heavy atom. The van der Waals surface area contributed by atoms with E-state index in [0.29, 0.717) is 19.5 Å². The van der Waals surface area contributed by atoms with Crippen LogP contribution in [0.2, 0.25) is 0 Å². The summed E-state index contributed by atoms with van der Waals surface area (Å²) in [6, 6.07) is 0. The lowest BCUT2D eigenvalue weighted by Gasteiger charge is -2.34. The van der Waals surface area contributed by atoms with Gasteiger partial charge < -0.3 is 26.0 Å². The number of aliphatic imine (C=N–C) groups is 1. The maximum atomic E-state index is 11.6. The van der Waals surface area contributed by atoms with E-state index in [1.54, 1.807) is 7.05 Å². The van der Waals surface area contributed by atoms with Gasteiger partial charge in [0.15, 0.2) is 5.96 Å². The molecule has 1 saturated heterocycles. The van der Waals surface area contributed by atoms with Gasteiger partial charge in [-0.25, -0.2) is 4.79 Å². The van der Waals surface area contributed by atoms with E-state index < -0.39 is 11.7 Å². The molecule has 1 aliphatic rings. The fourth-order valence-electron chi connectivity index (χ4n) is 2.69. The number of hydrogen-bond acceptors (Lipinski definition) is 4. The van der Waals surface area contributed by atoms with Crippen molar-refractivity contribution < 1.29 is 14.3 Å². The molecule has 1 atom stereocenters. The Morgan fingerprint density at radius 3 is 2.54 bits per heavy atom. The van der Waals surface area contributed by atoms with Crippen LogP contribution in [0.25, 0.3) is 0 Å². The van der Waals surface area contributed by atoms with E-state index in [0.717, 1.165) is 31.9 Å². The van der Waals surface area contributed by atoms with Gasteiger partial charge >= 0.3 is 6.09 Å². The molecular weight excluding hydrogens is 310 g/mol. The van der Waals surface area contributed by atoms with Crippen molar-refractivity contribution in [3.8, 4) is 0 Å². The average molecular weight is 341 g/mol. The number of guanidine groups is 1. The zero-order chi connectivity index (χ0) is 18.2. The molecule has 1 fully saturated rings. The third-order valence-corrected chi connectivity index (χ3v) is 3.60. The number of likely N-dealkylation sites (tertiary alicyclic amines) is 1. The summed E-state index contributed by atoms with van der Waals surface area (Å²) in [7, 11) is 1.72. The van der Waals surface area contributed by atoms with Crippen LogP contribution in [0.15, 0.2) is 4.99 Å². The minimum absolute atomic E-state index is 0.258. The highest BCUT2D eigenvalue weighted by Crippen LogP contribution is 2.19. The van der Waals surface area contributed by atoms with Crippen LogP contribution in [0, 0.1) is 5.92 Å². The van der Waals surface area contributed by atoms with Crippen molar-refractivity contribution in [2.24, 2.45) is 16.6 Å². The molecule has 0 saturated carbocycles. The fourth-order valence-corrected chi connectivity index (χ4v) is 2.69. The predicted molar refractivity (Wildman–Crippen MR) is 93.7 cm³/mol. The van der Waals surface area contributed by atoms with Crippen LogP contribution in [-0.2, 0) is 9.53 Å². The van der Waals surface area contributed by atoms with Crippen LogP contribution < -0.4 is 16.4 Å². The number of nitrogens with one attached hydrogen (secondary N) is 2. The minimum Gasteiger partial charge on any atom is -0.444 e. The number of carbonyl (C=O) groups is 2. The Morgan fingerprint density at radius 1 is 1.29 bits per heavy atom. The van der Waals surface area contributed by atoms with Crippen LogP contribution in [0.4, 0.5) is 4.79 Å². The van der Waals surface area contributed by atoms with Gasteiger partial charge in [0.2, 0.25) is 5.91 Å². The maximum absolute atomic E-state index is 11.6. The Hall–Kier alpha value is -1.99. The first-order chi connectivity index (χ1) is 11.2. The van der Waals surface area contributed by atoms with Crippen molar-refractivity contribution in [3.05, 3.63) is 0 Å². The number of ether oxygens (including phenoxy) is 1. The molecule has 0 radical (unpaired) electrons. The van der Waals surface area contributed by atoms with Crippen molar-refractivity contribution in [2.45, 2.75) is 45.6 Å². The number of carbonyl (C=O) groups excluding carboxylic acids is 2.